The molecule has 0 fully saturated rings. The van der Waals surface area contributed by atoms with Crippen molar-refractivity contribution in [2.75, 3.05) is 12.3 Å². The third kappa shape index (κ3) is 6.07. The number of aliphatic hydroxyl groups is 1. The van der Waals surface area contributed by atoms with Gasteiger partial charge in [-0.25, -0.2) is 0 Å². The summed E-state index contributed by atoms with van der Waals surface area (Å²) in [5, 5.41) is 12.3. The van der Waals surface area contributed by atoms with Crippen LogP contribution in [0.25, 0.3) is 0 Å². The summed E-state index contributed by atoms with van der Waals surface area (Å²) in [6.45, 7) is 4.21. The highest BCUT2D eigenvalue weighted by molar-refractivity contribution is 7.99. The lowest BCUT2D eigenvalue weighted by atomic mass is 10.1. The van der Waals surface area contributed by atoms with Gasteiger partial charge in [-0.3, -0.25) is 4.79 Å². The van der Waals surface area contributed by atoms with Gasteiger partial charge in [0.05, 0.1) is 6.10 Å². The van der Waals surface area contributed by atoms with E-state index in [-0.39, 0.29) is 11.8 Å². The first-order valence-electron chi connectivity index (χ1n) is 6.22. The lowest BCUT2D eigenvalue weighted by Crippen LogP contribution is -2.34. The summed E-state index contributed by atoms with van der Waals surface area (Å²) < 4.78 is 0. The molecule has 0 aliphatic heterocycles. The first kappa shape index (κ1) is 15.1. The second-order valence-corrected chi connectivity index (χ2v) is 5.70. The van der Waals surface area contributed by atoms with E-state index in [1.807, 2.05) is 44.2 Å². The quantitative estimate of drug-likeness (QED) is 0.745. The third-order valence-corrected chi connectivity index (χ3v) is 3.63. The number of hydrogen-bond donors (Lipinski definition) is 2. The highest BCUT2D eigenvalue weighted by Gasteiger charge is 2.10. The van der Waals surface area contributed by atoms with E-state index in [4.69, 9.17) is 0 Å². The van der Waals surface area contributed by atoms with Gasteiger partial charge in [0.1, 0.15) is 0 Å². The molecule has 0 spiro atoms. The molecule has 0 saturated carbocycles. The maximum Gasteiger partial charge on any atom is 0.220 e. The fourth-order valence-corrected chi connectivity index (χ4v) is 2.19. The summed E-state index contributed by atoms with van der Waals surface area (Å²) >= 11 is 1.67. The second-order valence-electron chi connectivity index (χ2n) is 4.53. The van der Waals surface area contributed by atoms with Crippen LogP contribution in [0, 0.1) is 5.92 Å². The molecular formula is C14H21NO2S. The molecular weight excluding hydrogens is 246 g/mol. The normalized spacial score (nSPS) is 12.4. The molecule has 3 nitrogen and oxygen atoms in total. The van der Waals surface area contributed by atoms with Crippen LogP contribution in [0.5, 0.6) is 0 Å². The molecule has 4 heteroatoms. The fourth-order valence-electron chi connectivity index (χ4n) is 1.32. The van der Waals surface area contributed by atoms with Crippen LogP contribution in [0.3, 0.4) is 0 Å². The lowest BCUT2D eigenvalue weighted by Gasteiger charge is -2.14. The Labute approximate surface area is 113 Å². The summed E-state index contributed by atoms with van der Waals surface area (Å²) in [5.74, 6) is 0.926. The lowest BCUT2D eigenvalue weighted by molar-refractivity contribution is -0.121. The van der Waals surface area contributed by atoms with Gasteiger partial charge in [-0.05, 0) is 18.1 Å². The highest BCUT2D eigenvalue weighted by atomic mass is 32.2. The molecule has 0 saturated heterocycles. The number of hydrogen-bond acceptors (Lipinski definition) is 3. The van der Waals surface area contributed by atoms with Crippen molar-refractivity contribution in [2.45, 2.75) is 31.3 Å². The zero-order valence-corrected chi connectivity index (χ0v) is 11.7. The van der Waals surface area contributed by atoms with Crippen LogP contribution in [-0.4, -0.2) is 29.4 Å². The Balaban J connectivity index is 2.14. The molecule has 0 aromatic heterocycles. The predicted octanol–water partition coefficient (Wildman–Crippen LogP) is 2.30. The largest absolute Gasteiger partial charge is 0.391 e. The van der Waals surface area contributed by atoms with E-state index in [2.05, 4.69) is 5.32 Å². The fraction of sp³-hybridized carbons (Fsp3) is 0.500. The average molecular weight is 267 g/mol. The smallest absolute Gasteiger partial charge is 0.220 e. The second kappa shape index (κ2) is 8.16. The first-order valence-corrected chi connectivity index (χ1v) is 7.20. The molecule has 0 radical (unpaired) electrons. The van der Waals surface area contributed by atoms with Crippen LogP contribution in [0.2, 0.25) is 0 Å². The minimum absolute atomic E-state index is 0.00173. The van der Waals surface area contributed by atoms with Gasteiger partial charge in [0, 0.05) is 23.6 Å². The highest BCUT2D eigenvalue weighted by Crippen LogP contribution is 2.17. The maximum atomic E-state index is 11.5. The molecule has 2 N–H and O–H groups in total. The van der Waals surface area contributed by atoms with Gasteiger partial charge in [0.25, 0.3) is 0 Å². The standard InChI is InChI=1S/C14H21NO2S/c1-11(2)13(16)10-15-14(17)8-9-18-12-6-4-3-5-7-12/h3-7,11,13,16H,8-10H2,1-2H3,(H,15,17). The van der Waals surface area contributed by atoms with Crippen molar-refractivity contribution in [1.29, 1.82) is 0 Å². The first-order chi connectivity index (χ1) is 8.59. The molecule has 1 aromatic rings. The van der Waals surface area contributed by atoms with Crippen molar-refractivity contribution in [3.05, 3.63) is 30.3 Å². The van der Waals surface area contributed by atoms with E-state index >= 15 is 0 Å². The van der Waals surface area contributed by atoms with E-state index in [1.165, 1.54) is 4.90 Å². The van der Waals surface area contributed by atoms with E-state index in [1.54, 1.807) is 11.8 Å². The molecule has 18 heavy (non-hydrogen) atoms. The van der Waals surface area contributed by atoms with Crippen LogP contribution in [0.1, 0.15) is 20.3 Å². The van der Waals surface area contributed by atoms with Gasteiger partial charge >= 0.3 is 0 Å². The molecule has 1 aromatic carbocycles. The Morgan fingerprint density at radius 1 is 1.33 bits per heavy atom. The number of aliphatic hydroxyl groups excluding tert-OH is 1. The molecule has 0 heterocycles. The van der Waals surface area contributed by atoms with Gasteiger partial charge in [-0.15, -0.1) is 11.8 Å². The minimum atomic E-state index is -0.462. The summed E-state index contributed by atoms with van der Waals surface area (Å²) in [5.41, 5.74) is 0. The zero-order valence-electron chi connectivity index (χ0n) is 10.9. The Kier molecular flexibility index (Phi) is 6.83. The number of thioether (sulfide) groups is 1. The predicted molar refractivity (Wildman–Crippen MR) is 75.6 cm³/mol. The van der Waals surface area contributed by atoms with E-state index in [9.17, 15) is 9.90 Å². The van der Waals surface area contributed by atoms with Crippen LogP contribution in [0.15, 0.2) is 35.2 Å². The van der Waals surface area contributed by atoms with Crippen molar-refractivity contribution in [3.8, 4) is 0 Å². The topological polar surface area (TPSA) is 49.3 Å². The molecule has 0 bridgehead atoms. The Hall–Kier alpha value is -1.00. The molecule has 100 valence electrons. The van der Waals surface area contributed by atoms with Crippen molar-refractivity contribution in [1.82, 2.24) is 5.32 Å². The van der Waals surface area contributed by atoms with Gasteiger partial charge < -0.3 is 10.4 Å². The van der Waals surface area contributed by atoms with E-state index < -0.39 is 6.10 Å². The number of carbonyl (C=O) groups is 1. The van der Waals surface area contributed by atoms with Crippen molar-refractivity contribution >= 4 is 17.7 Å². The van der Waals surface area contributed by atoms with Crippen LogP contribution in [0.4, 0.5) is 0 Å². The Morgan fingerprint density at radius 2 is 2.00 bits per heavy atom. The number of carbonyl (C=O) groups excluding carboxylic acids is 1. The zero-order chi connectivity index (χ0) is 13.4. The monoisotopic (exact) mass is 267 g/mol. The van der Waals surface area contributed by atoms with E-state index in [0.29, 0.717) is 13.0 Å². The van der Waals surface area contributed by atoms with Crippen LogP contribution in [-0.2, 0) is 4.79 Å². The molecule has 1 rings (SSSR count). The molecule has 0 aliphatic rings. The van der Waals surface area contributed by atoms with Crippen molar-refractivity contribution in [3.63, 3.8) is 0 Å². The molecule has 1 amide bonds. The SMILES string of the molecule is CC(C)C(O)CNC(=O)CCSc1ccccc1. The summed E-state index contributed by atoms with van der Waals surface area (Å²) in [7, 11) is 0. The number of nitrogens with one attached hydrogen (secondary N) is 1. The third-order valence-electron chi connectivity index (χ3n) is 2.62. The average Bonchev–Trinajstić information content (AvgIpc) is 2.37. The summed E-state index contributed by atoms with van der Waals surface area (Å²) in [6, 6.07) is 10.0. The number of amides is 1. The summed E-state index contributed by atoms with van der Waals surface area (Å²) in [6.07, 6.45) is 0.0143. The van der Waals surface area contributed by atoms with Crippen LogP contribution >= 0.6 is 11.8 Å². The van der Waals surface area contributed by atoms with Crippen molar-refractivity contribution in [2.24, 2.45) is 5.92 Å². The van der Waals surface area contributed by atoms with Crippen molar-refractivity contribution < 1.29 is 9.90 Å². The molecule has 1 atom stereocenters. The molecule has 0 aliphatic carbocycles. The van der Waals surface area contributed by atoms with Gasteiger partial charge in [-0.2, -0.15) is 0 Å². The van der Waals surface area contributed by atoms with Crippen LogP contribution < -0.4 is 5.32 Å². The van der Waals surface area contributed by atoms with Gasteiger partial charge in [0.15, 0.2) is 0 Å². The Morgan fingerprint density at radius 3 is 2.61 bits per heavy atom. The number of benzene rings is 1. The Bertz CT molecular complexity index is 354. The maximum absolute atomic E-state index is 11.5. The van der Waals surface area contributed by atoms with Gasteiger partial charge in [0.2, 0.25) is 5.91 Å². The van der Waals surface area contributed by atoms with E-state index in [0.717, 1.165) is 5.75 Å². The molecule has 1 unspecified atom stereocenters. The van der Waals surface area contributed by atoms with Gasteiger partial charge in [-0.1, -0.05) is 32.0 Å². The summed E-state index contributed by atoms with van der Waals surface area (Å²) in [4.78, 5) is 12.7. The minimum Gasteiger partial charge on any atom is -0.391 e. The number of rotatable bonds is 7.